The molecule has 0 aliphatic rings. The lowest BCUT2D eigenvalue weighted by Crippen LogP contribution is -2.07. The Hall–Kier alpha value is -2.43. The Labute approximate surface area is 156 Å². The predicted octanol–water partition coefficient (Wildman–Crippen LogP) is 4.56. The van der Waals surface area contributed by atoms with Crippen LogP contribution in [-0.4, -0.2) is 16.4 Å². The Morgan fingerprint density at radius 2 is 1.54 bits per heavy atom. The first-order valence-electron chi connectivity index (χ1n) is 8.41. The minimum atomic E-state index is -1.38. The van der Waals surface area contributed by atoms with Crippen molar-refractivity contribution in [2.45, 2.75) is 29.7 Å². The molecule has 0 aliphatic carbocycles. The van der Waals surface area contributed by atoms with Gasteiger partial charge in [0.2, 0.25) is 0 Å². The number of rotatable bonds is 5. The summed E-state index contributed by atoms with van der Waals surface area (Å²) in [5, 5.41) is 11.0. The number of aliphatic hydroxyl groups excluding tert-OH is 1. The van der Waals surface area contributed by atoms with Crippen molar-refractivity contribution >= 4 is 10.8 Å². The average Bonchev–Trinajstić information content (AvgIpc) is 2.67. The van der Waals surface area contributed by atoms with Gasteiger partial charge in [0.1, 0.15) is 11.9 Å². The third kappa shape index (κ3) is 3.71. The van der Waals surface area contributed by atoms with Crippen LogP contribution in [0.5, 0.6) is 5.75 Å². The van der Waals surface area contributed by atoms with E-state index in [0.717, 1.165) is 11.1 Å². The molecule has 0 bridgehead atoms. The van der Waals surface area contributed by atoms with Crippen molar-refractivity contribution in [3.05, 3.63) is 89.0 Å². The molecule has 1 N–H and O–H groups in total. The number of benzene rings is 3. The molecule has 1 unspecified atom stereocenters. The van der Waals surface area contributed by atoms with Gasteiger partial charge in [0, 0.05) is 20.9 Å². The molecule has 0 heterocycles. The fraction of sp³-hybridized carbons (Fsp3) is 0.182. The smallest absolute Gasteiger partial charge is 0.125 e. The van der Waals surface area contributed by atoms with E-state index in [4.69, 9.17) is 4.74 Å². The van der Waals surface area contributed by atoms with Crippen molar-refractivity contribution < 1.29 is 14.1 Å². The van der Waals surface area contributed by atoms with Gasteiger partial charge in [-0.2, -0.15) is 0 Å². The monoisotopic (exact) mass is 366 g/mol. The first kappa shape index (κ1) is 18.4. The minimum absolute atomic E-state index is 0.604. The Kier molecular flexibility index (Phi) is 5.55. The quantitative estimate of drug-likeness (QED) is 0.720. The molecule has 0 spiro atoms. The first-order chi connectivity index (χ1) is 12.5. The maximum atomic E-state index is 13.1. The van der Waals surface area contributed by atoms with Crippen molar-refractivity contribution in [1.82, 2.24) is 0 Å². The molecule has 3 nitrogen and oxygen atoms in total. The van der Waals surface area contributed by atoms with Crippen LogP contribution in [0.2, 0.25) is 0 Å². The summed E-state index contributed by atoms with van der Waals surface area (Å²) < 4.78 is 18.5. The summed E-state index contributed by atoms with van der Waals surface area (Å²) in [6.07, 6.45) is -0.921. The van der Waals surface area contributed by atoms with Crippen molar-refractivity contribution in [2.75, 3.05) is 7.11 Å². The van der Waals surface area contributed by atoms with E-state index in [2.05, 4.69) is 0 Å². The fourth-order valence-electron chi connectivity index (χ4n) is 2.90. The van der Waals surface area contributed by atoms with E-state index in [-0.39, 0.29) is 0 Å². The van der Waals surface area contributed by atoms with E-state index >= 15 is 0 Å². The second-order valence-corrected chi connectivity index (χ2v) is 7.72. The van der Waals surface area contributed by atoms with Crippen LogP contribution >= 0.6 is 0 Å². The Bertz CT molecular complexity index is 932. The predicted molar refractivity (Wildman–Crippen MR) is 104 cm³/mol. The molecule has 3 aromatic carbocycles. The molecule has 0 aliphatic heterocycles. The van der Waals surface area contributed by atoms with E-state index < -0.39 is 16.9 Å². The van der Waals surface area contributed by atoms with Gasteiger partial charge in [-0.25, -0.2) is 4.21 Å². The standard InChI is InChI=1S/C22H22O3S/c1-15-8-11-17(12-9-15)26(24)21-7-5-4-6-18(21)22(23)19-14-16(2)10-13-20(19)25-3/h4-14,22-23H,1-3H3/t22-,26?/m0/s1. The summed E-state index contributed by atoms with van der Waals surface area (Å²) in [6.45, 7) is 3.96. The second-order valence-electron chi connectivity index (χ2n) is 6.27. The van der Waals surface area contributed by atoms with Crippen molar-refractivity contribution in [2.24, 2.45) is 0 Å². The van der Waals surface area contributed by atoms with Crippen LogP contribution in [-0.2, 0) is 10.8 Å². The molecule has 26 heavy (non-hydrogen) atoms. The second kappa shape index (κ2) is 7.85. The van der Waals surface area contributed by atoms with E-state index in [1.807, 2.05) is 74.5 Å². The lowest BCUT2D eigenvalue weighted by atomic mass is 9.99. The minimum Gasteiger partial charge on any atom is -0.496 e. The van der Waals surface area contributed by atoms with Gasteiger partial charge in [-0.1, -0.05) is 47.5 Å². The Morgan fingerprint density at radius 1 is 0.885 bits per heavy atom. The largest absolute Gasteiger partial charge is 0.496 e. The number of aryl methyl sites for hydroxylation is 2. The van der Waals surface area contributed by atoms with Crippen LogP contribution < -0.4 is 4.74 Å². The highest BCUT2D eigenvalue weighted by Crippen LogP contribution is 2.34. The van der Waals surface area contributed by atoms with Gasteiger partial charge >= 0.3 is 0 Å². The van der Waals surface area contributed by atoms with Crippen LogP contribution in [0.1, 0.15) is 28.4 Å². The number of hydrogen-bond donors (Lipinski definition) is 1. The maximum absolute atomic E-state index is 13.1. The molecular formula is C22H22O3S. The first-order valence-corrected chi connectivity index (χ1v) is 9.56. The summed E-state index contributed by atoms with van der Waals surface area (Å²) in [5.41, 5.74) is 3.43. The van der Waals surface area contributed by atoms with Crippen LogP contribution in [0.4, 0.5) is 0 Å². The zero-order valence-electron chi connectivity index (χ0n) is 15.1. The SMILES string of the molecule is COc1ccc(C)cc1[C@@H](O)c1ccccc1S(=O)c1ccc(C)cc1. The molecule has 0 fully saturated rings. The van der Waals surface area contributed by atoms with Crippen molar-refractivity contribution in [1.29, 1.82) is 0 Å². The number of methoxy groups -OCH3 is 1. The highest BCUT2D eigenvalue weighted by molar-refractivity contribution is 7.85. The Morgan fingerprint density at radius 3 is 2.23 bits per heavy atom. The van der Waals surface area contributed by atoms with Gasteiger partial charge in [-0.3, -0.25) is 0 Å². The summed E-state index contributed by atoms with van der Waals surface area (Å²) in [7, 11) is 0.205. The van der Waals surface area contributed by atoms with Gasteiger partial charge in [-0.15, -0.1) is 0 Å². The van der Waals surface area contributed by atoms with E-state index in [1.165, 1.54) is 0 Å². The molecule has 3 aromatic rings. The normalized spacial score (nSPS) is 13.2. The summed E-state index contributed by atoms with van der Waals surface area (Å²) in [6, 6.07) is 20.6. The third-order valence-corrected chi connectivity index (χ3v) is 5.80. The zero-order chi connectivity index (χ0) is 18.7. The molecule has 4 heteroatoms. The highest BCUT2D eigenvalue weighted by Gasteiger charge is 2.21. The maximum Gasteiger partial charge on any atom is 0.125 e. The van der Waals surface area contributed by atoms with E-state index in [1.54, 1.807) is 13.2 Å². The summed E-state index contributed by atoms with van der Waals surface area (Å²) >= 11 is 0. The van der Waals surface area contributed by atoms with Crippen LogP contribution in [0, 0.1) is 13.8 Å². The van der Waals surface area contributed by atoms with Crippen LogP contribution in [0.15, 0.2) is 76.5 Å². The van der Waals surface area contributed by atoms with Crippen LogP contribution in [0.3, 0.4) is 0 Å². The van der Waals surface area contributed by atoms with Crippen molar-refractivity contribution in [3.8, 4) is 5.75 Å². The lowest BCUT2D eigenvalue weighted by Gasteiger charge is -2.18. The lowest BCUT2D eigenvalue weighted by molar-refractivity contribution is 0.211. The van der Waals surface area contributed by atoms with E-state index in [0.29, 0.717) is 26.7 Å². The molecule has 3 rings (SSSR count). The zero-order valence-corrected chi connectivity index (χ0v) is 15.9. The van der Waals surface area contributed by atoms with E-state index in [9.17, 15) is 9.32 Å². The van der Waals surface area contributed by atoms with Crippen molar-refractivity contribution in [3.63, 3.8) is 0 Å². The topological polar surface area (TPSA) is 46.5 Å². The summed E-state index contributed by atoms with van der Waals surface area (Å²) in [5.74, 6) is 0.610. The van der Waals surface area contributed by atoms with Crippen LogP contribution in [0.25, 0.3) is 0 Å². The molecule has 0 aromatic heterocycles. The number of hydrogen-bond acceptors (Lipinski definition) is 3. The fourth-order valence-corrected chi connectivity index (χ4v) is 4.13. The number of aliphatic hydroxyl groups is 1. The molecule has 0 saturated heterocycles. The summed E-state index contributed by atoms with van der Waals surface area (Å²) in [4.78, 5) is 1.32. The average molecular weight is 366 g/mol. The van der Waals surface area contributed by atoms with Gasteiger partial charge in [0.25, 0.3) is 0 Å². The van der Waals surface area contributed by atoms with Gasteiger partial charge in [-0.05, 0) is 44.2 Å². The molecule has 134 valence electrons. The molecule has 0 radical (unpaired) electrons. The Balaban J connectivity index is 2.06. The molecular weight excluding hydrogens is 344 g/mol. The van der Waals surface area contributed by atoms with Gasteiger partial charge in [0.05, 0.1) is 17.9 Å². The molecule has 2 atom stereocenters. The molecule has 0 amide bonds. The van der Waals surface area contributed by atoms with Gasteiger partial charge in [0.15, 0.2) is 0 Å². The molecule has 0 saturated carbocycles. The third-order valence-electron chi connectivity index (χ3n) is 4.33. The number of ether oxygens (including phenoxy) is 1. The van der Waals surface area contributed by atoms with Gasteiger partial charge < -0.3 is 9.84 Å². The highest BCUT2D eigenvalue weighted by atomic mass is 32.2.